The van der Waals surface area contributed by atoms with Gasteiger partial charge in [-0.3, -0.25) is 9.48 Å². The van der Waals surface area contributed by atoms with Crippen LogP contribution in [0.15, 0.2) is 42.7 Å². The van der Waals surface area contributed by atoms with E-state index >= 15 is 0 Å². The van der Waals surface area contributed by atoms with Gasteiger partial charge in [-0.05, 0) is 51.1 Å². The van der Waals surface area contributed by atoms with Gasteiger partial charge in [0.25, 0.3) is 0 Å². The van der Waals surface area contributed by atoms with Gasteiger partial charge in [-0.1, -0.05) is 29.3 Å². The second-order valence-electron chi connectivity index (χ2n) is 6.18. The Labute approximate surface area is 161 Å². The first-order valence-corrected chi connectivity index (χ1v) is 8.90. The highest BCUT2D eigenvalue weighted by atomic mass is 35.5. The molecule has 0 aliphatic rings. The highest BCUT2D eigenvalue weighted by Gasteiger charge is 2.14. The SMILES string of the molecule is Cc1nn(-c2cccc(Cl)c2)c(Cl)c1C=CC(=O)c1cnn(C(C)C)c1. The summed E-state index contributed by atoms with van der Waals surface area (Å²) in [5, 5.41) is 9.65. The predicted octanol–water partition coefficient (Wildman–Crippen LogP) is 5.16. The maximum atomic E-state index is 12.4. The van der Waals surface area contributed by atoms with E-state index in [1.54, 1.807) is 40.0 Å². The van der Waals surface area contributed by atoms with Crippen LogP contribution >= 0.6 is 23.2 Å². The van der Waals surface area contributed by atoms with Crippen LogP contribution in [0.4, 0.5) is 0 Å². The number of aromatic nitrogens is 4. The molecule has 0 spiro atoms. The van der Waals surface area contributed by atoms with Crippen LogP contribution in [-0.2, 0) is 0 Å². The summed E-state index contributed by atoms with van der Waals surface area (Å²) in [6.45, 7) is 5.85. The zero-order valence-corrected chi connectivity index (χ0v) is 16.2. The topological polar surface area (TPSA) is 52.7 Å². The summed E-state index contributed by atoms with van der Waals surface area (Å²) >= 11 is 12.5. The fourth-order valence-electron chi connectivity index (χ4n) is 2.48. The van der Waals surface area contributed by atoms with Crippen molar-refractivity contribution in [3.63, 3.8) is 0 Å². The van der Waals surface area contributed by atoms with E-state index in [0.717, 1.165) is 11.4 Å². The highest BCUT2D eigenvalue weighted by molar-refractivity contribution is 6.32. The second-order valence-corrected chi connectivity index (χ2v) is 6.98. The van der Waals surface area contributed by atoms with Crippen molar-refractivity contribution in [3.8, 4) is 5.69 Å². The van der Waals surface area contributed by atoms with Crippen LogP contribution in [0.25, 0.3) is 11.8 Å². The zero-order chi connectivity index (χ0) is 18.8. The highest BCUT2D eigenvalue weighted by Crippen LogP contribution is 2.26. The molecule has 7 heteroatoms. The monoisotopic (exact) mass is 388 g/mol. The van der Waals surface area contributed by atoms with Crippen molar-refractivity contribution in [2.75, 3.05) is 0 Å². The van der Waals surface area contributed by atoms with Crippen LogP contribution in [0.1, 0.15) is 41.5 Å². The minimum absolute atomic E-state index is 0.136. The summed E-state index contributed by atoms with van der Waals surface area (Å²) < 4.78 is 3.35. The van der Waals surface area contributed by atoms with Crippen LogP contribution in [0.2, 0.25) is 10.2 Å². The Hall–Kier alpha value is -2.37. The molecule has 3 rings (SSSR count). The molecule has 0 amide bonds. The number of rotatable bonds is 5. The quantitative estimate of drug-likeness (QED) is 0.447. The van der Waals surface area contributed by atoms with E-state index < -0.39 is 0 Å². The molecule has 26 heavy (non-hydrogen) atoms. The van der Waals surface area contributed by atoms with E-state index in [1.807, 2.05) is 32.9 Å². The Kier molecular flexibility index (Phi) is 5.30. The molecule has 2 aromatic heterocycles. The van der Waals surface area contributed by atoms with Crippen molar-refractivity contribution < 1.29 is 4.79 Å². The average Bonchev–Trinajstić information content (AvgIpc) is 3.19. The van der Waals surface area contributed by atoms with Gasteiger partial charge in [0.2, 0.25) is 0 Å². The van der Waals surface area contributed by atoms with E-state index in [1.165, 1.54) is 6.08 Å². The average molecular weight is 389 g/mol. The van der Waals surface area contributed by atoms with Gasteiger partial charge in [0.05, 0.1) is 23.1 Å². The number of carbonyl (C=O) groups is 1. The summed E-state index contributed by atoms with van der Waals surface area (Å²) in [4.78, 5) is 12.4. The Morgan fingerprint density at radius 1 is 1.27 bits per heavy atom. The number of hydrogen-bond acceptors (Lipinski definition) is 3. The molecule has 0 fully saturated rings. The van der Waals surface area contributed by atoms with E-state index in [-0.39, 0.29) is 11.8 Å². The molecule has 3 aromatic rings. The van der Waals surface area contributed by atoms with Crippen LogP contribution < -0.4 is 0 Å². The fraction of sp³-hybridized carbons (Fsp3) is 0.211. The first-order chi connectivity index (χ1) is 12.4. The number of nitrogens with zero attached hydrogens (tertiary/aromatic N) is 4. The van der Waals surface area contributed by atoms with Gasteiger partial charge >= 0.3 is 0 Å². The second kappa shape index (κ2) is 7.48. The Morgan fingerprint density at radius 3 is 2.69 bits per heavy atom. The lowest BCUT2D eigenvalue weighted by molar-refractivity contribution is 0.104. The van der Waals surface area contributed by atoms with Crippen molar-refractivity contribution in [1.29, 1.82) is 0 Å². The van der Waals surface area contributed by atoms with Gasteiger partial charge in [-0.15, -0.1) is 0 Å². The van der Waals surface area contributed by atoms with E-state index in [4.69, 9.17) is 23.2 Å². The van der Waals surface area contributed by atoms with Crippen molar-refractivity contribution in [2.24, 2.45) is 0 Å². The minimum Gasteiger partial charge on any atom is -0.289 e. The number of carbonyl (C=O) groups excluding carboxylic acids is 1. The van der Waals surface area contributed by atoms with Gasteiger partial charge in [0.1, 0.15) is 5.15 Å². The summed E-state index contributed by atoms with van der Waals surface area (Å²) in [7, 11) is 0. The van der Waals surface area contributed by atoms with Gasteiger partial charge < -0.3 is 0 Å². The first kappa shape index (κ1) is 18.4. The molecule has 2 heterocycles. The largest absolute Gasteiger partial charge is 0.289 e. The van der Waals surface area contributed by atoms with Crippen molar-refractivity contribution >= 4 is 35.1 Å². The molecule has 0 unspecified atom stereocenters. The Bertz CT molecular complexity index is 985. The lowest BCUT2D eigenvalue weighted by Gasteiger charge is -2.03. The maximum Gasteiger partial charge on any atom is 0.189 e. The molecule has 134 valence electrons. The van der Waals surface area contributed by atoms with Crippen LogP contribution in [0.5, 0.6) is 0 Å². The molecular formula is C19H18Cl2N4O. The Morgan fingerprint density at radius 2 is 2.04 bits per heavy atom. The smallest absolute Gasteiger partial charge is 0.189 e. The van der Waals surface area contributed by atoms with Crippen molar-refractivity contribution in [1.82, 2.24) is 19.6 Å². The predicted molar refractivity (Wildman–Crippen MR) is 104 cm³/mol. The molecule has 5 nitrogen and oxygen atoms in total. The van der Waals surface area contributed by atoms with E-state index in [2.05, 4.69) is 10.2 Å². The zero-order valence-electron chi connectivity index (χ0n) is 14.6. The molecule has 0 aliphatic heterocycles. The van der Waals surface area contributed by atoms with E-state index in [0.29, 0.717) is 21.3 Å². The summed E-state index contributed by atoms with van der Waals surface area (Å²) in [5.41, 5.74) is 2.70. The van der Waals surface area contributed by atoms with Crippen LogP contribution in [0, 0.1) is 6.92 Å². The standard InChI is InChI=1S/C19H18Cl2N4O/c1-12(2)24-11-14(10-22-24)18(26)8-7-17-13(3)23-25(19(17)21)16-6-4-5-15(20)9-16/h4-12H,1-3H3. The molecule has 0 saturated carbocycles. The number of aryl methyl sites for hydroxylation is 1. The van der Waals surface area contributed by atoms with Gasteiger partial charge in [-0.25, -0.2) is 4.68 Å². The third-order valence-corrected chi connectivity index (χ3v) is 4.52. The summed E-state index contributed by atoms with van der Waals surface area (Å²) in [5.74, 6) is -0.136. The number of ketones is 1. The third-order valence-electron chi connectivity index (χ3n) is 3.92. The van der Waals surface area contributed by atoms with Crippen molar-refractivity contribution in [2.45, 2.75) is 26.8 Å². The first-order valence-electron chi connectivity index (χ1n) is 8.14. The van der Waals surface area contributed by atoms with E-state index in [9.17, 15) is 4.79 Å². The normalized spacial score (nSPS) is 11.6. The number of allylic oxidation sites excluding steroid dienone is 1. The Balaban J connectivity index is 1.88. The maximum absolute atomic E-state index is 12.4. The third kappa shape index (κ3) is 3.74. The summed E-state index contributed by atoms with van der Waals surface area (Å²) in [6, 6.07) is 7.46. The molecule has 0 N–H and O–H groups in total. The molecular weight excluding hydrogens is 371 g/mol. The summed E-state index contributed by atoms with van der Waals surface area (Å²) in [6.07, 6.45) is 6.47. The van der Waals surface area contributed by atoms with Gasteiger partial charge in [-0.2, -0.15) is 10.2 Å². The molecule has 0 aliphatic carbocycles. The molecule has 0 bridgehead atoms. The molecule has 0 saturated heterocycles. The van der Waals surface area contributed by atoms with Crippen LogP contribution in [0.3, 0.4) is 0 Å². The lowest BCUT2D eigenvalue weighted by Crippen LogP contribution is -2.00. The van der Waals surface area contributed by atoms with Crippen molar-refractivity contribution in [3.05, 3.63) is 69.7 Å². The van der Waals surface area contributed by atoms with Gasteiger partial charge in [0.15, 0.2) is 5.78 Å². The lowest BCUT2D eigenvalue weighted by atomic mass is 10.1. The fourth-order valence-corrected chi connectivity index (χ4v) is 3.00. The number of hydrogen-bond donors (Lipinski definition) is 0. The number of benzene rings is 1. The number of halogens is 2. The molecule has 0 atom stereocenters. The minimum atomic E-state index is -0.136. The molecule has 0 radical (unpaired) electrons. The van der Waals surface area contributed by atoms with Gasteiger partial charge in [0, 0.05) is 22.8 Å². The molecule has 1 aromatic carbocycles. The van der Waals surface area contributed by atoms with Crippen LogP contribution in [-0.4, -0.2) is 25.3 Å².